The van der Waals surface area contributed by atoms with Crippen LogP contribution in [0.1, 0.15) is 147 Å². The van der Waals surface area contributed by atoms with Crippen molar-refractivity contribution >= 4 is 6.09 Å². The topological polar surface area (TPSA) is 103 Å². The second kappa shape index (κ2) is 30.0. The molecule has 8 atom stereocenters. The lowest BCUT2D eigenvalue weighted by molar-refractivity contribution is -0.263. The molecule has 0 bridgehead atoms. The molecular formula is C61H85NO9. The minimum atomic E-state index is -0.863. The number of ether oxygens (including phenoxy) is 8. The predicted octanol–water partition coefficient (Wildman–Crippen LogP) is 13.8. The molecule has 4 aromatic carbocycles. The Hall–Kier alpha value is -4.39. The van der Waals surface area contributed by atoms with Gasteiger partial charge in [0.05, 0.1) is 45.2 Å². The van der Waals surface area contributed by atoms with Crippen LogP contribution in [0.25, 0.3) is 0 Å². The fourth-order valence-corrected chi connectivity index (χ4v) is 9.47. The van der Waals surface area contributed by atoms with Gasteiger partial charge < -0.3 is 43.2 Å². The van der Waals surface area contributed by atoms with E-state index in [9.17, 15) is 4.79 Å². The van der Waals surface area contributed by atoms with Crippen molar-refractivity contribution in [3.05, 3.63) is 156 Å². The number of carbonyl (C=O) groups excluding carboxylic acids is 1. The normalized spacial score (nSPS) is 22.6. The summed E-state index contributed by atoms with van der Waals surface area (Å²) in [5, 5.41) is 3.18. The van der Waals surface area contributed by atoms with E-state index in [0.717, 1.165) is 41.5 Å². The molecule has 2 fully saturated rings. The number of carbonyl (C=O) groups is 1. The molecule has 4 aromatic rings. The Kier molecular flexibility index (Phi) is 23.6. The number of unbranched alkanes of at least 4 members (excludes halogenated alkanes) is 11. The summed E-state index contributed by atoms with van der Waals surface area (Å²) >= 11 is 0. The van der Waals surface area contributed by atoms with Crippen molar-refractivity contribution in [3.8, 4) is 0 Å². The molecule has 388 valence electrons. The number of nitrogens with one attached hydrogen (secondary N) is 1. The van der Waals surface area contributed by atoms with Crippen LogP contribution in [0.4, 0.5) is 4.79 Å². The van der Waals surface area contributed by atoms with Crippen molar-refractivity contribution in [2.75, 3.05) is 6.61 Å². The summed E-state index contributed by atoms with van der Waals surface area (Å²) in [4.78, 5) is 13.8. The summed E-state index contributed by atoms with van der Waals surface area (Å²) in [6, 6.07) is 39.9. The summed E-state index contributed by atoms with van der Waals surface area (Å²) in [5.74, 6) is -0.863. The molecular weight excluding hydrogens is 891 g/mol. The first-order valence-electron chi connectivity index (χ1n) is 26.7. The van der Waals surface area contributed by atoms with Gasteiger partial charge in [0.25, 0.3) is 0 Å². The molecule has 0 saturated carbocycles. The van der Waals surface area contributed by atoms with Crippen molar-refractivity contribution in [2.45, 2.75) is 212 Å². The van der Waals surface area contributed by atoms with Crippen LogP contribution in [0.15, 0.2) is 133 Å². The highest BCUT2D eigenvalue weighted by Gasteiger charge is 2.49. The maximum Gasteiger partial charge on any atom is 0.408 e. The first-order valence-corrected chi connectivity index (χ1v) is 26.7. The van der Waals surface area contributed by atoms with Crippen molar-refractivity contribution < 1.29 is 42.7 Å². The summed E-state index contributed by atoms with van der Waals surface area (Å²) in [6.45, 7) is 13.3. The zero-order valence-corrected chi connectivity index (χ0v) is 43.7. The second-order valence-corrected chi connectivity index (χ2v) is 20.8. The van der Waals surface area contributed by atoms with Crippen molar-refractivity contribution in [1.82, 2.24) is 5.32 Å². The Morgan fingerprint density at radius 1 is 0.592 bits per heavy atom. The minimum absolute atomic E-state index is 0.226. The van der Waals surface area contributed by atoms with E-state index in [1.54, 1.807) is 0 Å². The van der Waals surface area contributed by atoms with Gasteiger partial charge in [-0.3, -0.25) is 0 Å². The molecule has 0 aromatic heterocycles. The lowest BCUT2D eigenvalue weighted by Gasteiger charge is -2.45. The summed E-state index contributed by atoms with van der Waals surface area (Å²) in [6.07, 6.45) is 15.6. The number of rotatable bonds is 30. The van der Waals surface area contributed by atoms with E-state index in [4.69, 9.17) is 37.9 Å². The smallest absolute Gasteiger partial charge is 0.408 e. The van der Waals surface area contributed by atoms with Gasteiger partial charge in [0, 0.05) is 0 Å². The molecule has 1 amide bonds. The number of hydrogen-bond donors (Lipinski definition) is 1. The number of benzene rings is 4. The molecule has 1 N–H and O–H groups in total. The van der Waals surface area contributed by atoms with Gasteiger partial charge in [-0.25, -0.2) is 4.79 Å². The predicted molar refractivity (Wildman–Crippen MR) is 282 cm³/mol. The zero-order valence-electron chi connectivity index (χ0n) is 43.7. The Balaban J connectivity index is 1.28. The Morgan fingerprint density at radius 2 is 1.04 bits per heavy atom. The van der Waals surface area contributed by atoms with E-state index < -0.39 is 60.1 Å². The molecule has 2 saturated heterocycles. The highest BCUT2D eigenvalue weighted by Crippen LogP contribution is 2.35. The van der Waals surface area contributed by atoms with Gasteiger partial charge in [-0.15, -0.1) is 0 Å². The van der Waals surface area contributed by atoms with E-state index in [1.807, 2.05) is 120 Å². The van der Waals surface area contributed by atoms with Crippen LogP contribution < -0.4 is 5.32 Å². The van der Waals surface area contributed by atoms with E-state index in [0.29, 0.717) is 26.4 Å². The maximum absolute atomic E-state index is 13.8. The average Bonchev–Trinajstić information content (AvgIpc) is 3.68. The molecule has 10 heteroatoms. The minimum Gasteiger partial charge on any atom is -0.444 e. The van der Waals surface area contributed by atoms with E-state index in [2.05, 4.69) is 60.8 Å². The SMILES string of the molecule is CCCCCCCCCCCCCC[C@H]1OC(C)(C)O[C@H]1[C@H](C=C[C@H]1OC(COCc2ccccc2)[C@H](OCc2ccccc2)[C@@H](OCc2ccccc2)C1OCc1ccccc1)NC(=O)OC(C)(C)C. The average molecular weight is 976 g/mol. The van der Waals surface area contributed by atoms with Gasteiger partial charge in [0.15, 0.2) is 5.79 Å². The van der Waals surface area contributed by atoms with Crippen LogP contribution in [-0.2, 0) is 64.3 Å². The maximum atomic E-state index is 13.8. The van der Waals surface area contributed by atoms with Crippen molar-refractivity contribution in [3.63, 3.8) is 0 Å². The van der Waals surface area contributed by atoms with Crippen LogP contribution in [0.5, 0.6) is 0 Å². The fourth-order valence-electron chi connectivity index (χ4n) is 9.47. The lowest BCUT2D eigenvalue weighted by atomic mass is 9.92. The van der Waals surface area contributed by atoms with E-state index in [1.165, 1.54) is 64.2 Å². The molecule has 0 radical (unpaired) electrons. The largest absolute Gasteiger partial charge is 0.444 e. The zero-order chi connectivity index (χ0) is 50.2. The van der Waals surface area contributed by atoms with Gasteiger partial charge in [-0.2, -0.15) is 0 Å². The third-order valence-corrected chi connectivity index (χ3v) is 13.0. The highest BCUT2D eigenvalue weighted by atomic mass is 16.8. The second-order valence-electron chi connectivity index (χ2n) is 20.8. The monoisotopic (exact) mass is 976 g/mol. The van der Waals surface area contributed by atoms with E-state index >= 15 is 0 Å². The lowest BCUT2D eigenvalue weighted by Crippen LogP contribution is -2.60. The van der Waals surface area contributed by atoms with Gasteiger partial charge >= 0.3 is 6.09 Å². The van der Waals surface area contributed by atoms with E-state index in [-0.39, 0.29) is 12.7 Å². The van der Waals surface area contributed by atoms with Gasteiger partial charge in [0.1, 0.15) is 42.2 Å². The van der Waals surface area contributed by atoms with Crippen LogP contribution in [-0.4, -0.2) is 72.9 Å². The molecule has 2 unspecified atom stereocenters. The van der Waals surface area contributed by atoms with Gasteiger partial charge in [-0.05, 0) is 63.3 Å². The summed E-state index contributed by atoms with van der Waals surface area (Å²) in [5.41, 5.74) is 3.40. The fraction of sp³-hybridized carbons (Fsp3) is 0.557. The van der Waals surface area contributed by atoms with Crippen molar-refractivity contribution in [2.24, 2.45) is 0 Å². The molecule has 2 aliphatic rings. The van der Waals surface area contributed by atoms with Crippen LogP contribution in [0.3, 0.4) is 0 Å². The third kappa shape index (κ3) is 20.2. The number of amides is 1. The highest BCUT2D eigenvalue weighted by molar-refractivity contribution is 5.68. The quantitative estimate of drug-likeness (QED) is 0.0404. The van der Waals surface area contributed by atoms with Gasteiger partial charge in [0.2, 0.25) is 0 Å². The molecule has 2 aliphatic heterocycles. The number of hydrogen-bond acceptors (Lipinski definition) is 9. The molecule has 6 rings (SSSR count). The van der Waals surface area contributed by atoms with Crippen LogP contribution in [0, 0.1) is 0 Å². The Bertz CT molecular complexity index is 2060. The van der Waals surface area contributed by atoms with Crippen LogP contribution >= 0.6 is 0 Å². The third-order valence-electron chi connectivity index (χ3n) is 13.0. The Labute approximate surface area is 426 Å². The molecule has 0 spiro atoms. The van der Waals surface area contributed by atoms with Crippen LogP contribution in [0.2, 0.25) is 0 Å². The standard InChI is InChI=1S/C61H85NO9/c1-7-8-9-10-11-12-13-14-15-16-17-30-39-53-55(70-61(5,6)69-53)51(62-59(63)71-60(2,3)4)40-41-52-56(65-43-48-33-24-19-25-34-48)58(67-45-50-37-28-21-29-38-50)57(66-44-49-35-26-20-27-36-49)54(68-52)46-64-42-47-31-22-18-23-32-47/h18-29,31-38,40-41,51-58H,7-17,30,39,42-46H2,1-6H3,(H,62,63)/t51-,52+,53+,54?,55-,56?,57-,58-/m0/s1. The number of alkyl carbamates (subject to hydrolysis) is 1. The molecule has 0 aliphatic carbocycles. The first kappa shape index (κ1) is 55.9. The first-order chi connectivity index (χ1) is 34.5. The Morgan fingerprint density at radius 3 is 1.54 bits per heavy atom. The van der Waals surface area contributed by atoms with Gasteiger partial charge in [-0.1, -0.05) is 217 Å². The summed E-state index contributed by atoms with van der Waals surface area (Å²) < 4.78 is 53.8. The molecule has 71 heavy (non-hydrogen) atoms. The van der Waals surface area contributed by atoms with Crippen molar-refractivity contribution in [1.29, 1.82) is 0 Å². The molecule has 10 nitrogen and oxygen atoms in total. The molecule has 2 heterocycles. The summed E-state index contributed by atoms with van der Waals surface area (Å²) in [7, 11) is 0.